The molecule has 1 aliphatic carbocycles. The van der Waals surface area contributed by atoms with Crippen LogP contribution in [0.15, 0.2) is 12.3 Å². The maximum Gasteiger partial charge on any atom is 0.217 e. The van der Waals surface area contributed by atoms with Gasteiger partial charge in [0.2, 0.25) is 5.95 Å². The van der Waals surface area contributed by atoms with E-state index < -0.39 is 36.0 Å². The lowest BCUT2D eigenvalue weighted by molar-refractivity contribution is -0.0668. The Hall–Kier alpha value is -0.633. The minimum atomic E-state index is -2.05. The molecule has 1 aromatic heterocycles. The van der Waals surface area contributed by atoms with E-state index in [1.165, 1.54) is 0 Å². The highest BCUT2D eigenvalue weighted by molar-refractivity contribution is 7.84. The van der Waals surface area contributed by atoms with Crippen molar-refractivity contribution in [2.75, 3.05) is 0 Å². The summed E-state index contributed by atoms with van der Waals surface area (Å²) in [6.07, 6.45) is 4.90. The third kappa shape index (κ3) is 7.68. The van der Waals surface area contributed by atoms with Crippen molar-refractivity contribution in [2.24, 2.45) is 11.3 Å². The van der Waals surface area contributed by atoms with Gasteiger partial charge in [0, 0.05) is 11.8 Å². The van der Waals surface area contributed by atoms with Crippen molar-refractivity contribution in [3.05, 3.63) is 29.3 Å². The van der Waals surface area contributed by atoms with Gasteiger partial charge in [0.25, 0.3) is 0 Å². The smallest absolute Gasteiger partial charge is 0.217 e. The Morgan fingerprint density at radius 3 is 2.18 bits per heavy atom. The zero-order valence-corrected chi connectivity index (χ0v) is 25.5. The molecule has 1 heterocycles. The lowest BCUT2D eigenvalue weighted by Crippen LogP contribution is -2.56. The summed E-state index contributed by atoms with van der Waals surface area (Å²) in [6, 6.07) is 1.48. The van der Waals surface area contributed by atoms with Crippen LogP contribution in [0, 0.1) is 17.3 Å². The van der Waals surface area contributed by atoms with Crippen LogP contribution in [0.4, 0.5) is 4.39 Å². The van der Waals surface area contributed by atoms with Crippen LogP contribution in [-0.2, 0) is 21.8 Å². The molecule has 1 fully saturated rings. The predicted molar refractivity (Wildman–Crippen MR) is 145 cm³/mol. The molecule has 1 saturated carbocycles. The molecule has 34 heavy (non-hydrogen) atoms. The Morgan fingerprint density at radius 1 is 1.18 bits per heavy atom. The molecule has 4 nitrogen and oxygen atoms in total. The molecule has 1 unspecified atom stereocenters. The molecule has 0 spiro atoms. The molecule has 0 amide bonds. The van der Waals surface area contributed by atoms with E-state index in [0.717, 1.165) is 24.8 Å². The number of halogens is 1. The van der Waals surface area contributed by atoms with E-state index >= 15 is 4.39 Å². The molecule has 1 aromatic rings. The summed E-state index contributed by atoms with van der Waals surface area (Å²) in [5.74, 6) is 0.0737. The van der Waals surface area contributed by atoms with E-state index in [1.807, 2.05) is 26.8 Å². The molecule has 0 radical (unpaired) electrons. The monoisotopic (exact) mass is 512 g/mol. The van der Waals surface area contributed by atoms with Crippen molar-refractivity contribution in [2.45, 2.75) is 129 Å². The third-order valence-corrected chi connectivity index (χ3v) is 13.3. The Bertz CT molecular complexity index is 878. The summed E-state index contributed by atoms with van der Waals surface area (Å²) in [5, 5.41) is 0.0788. The minimum absolute atomic E-state index is 0.0595. The first-order valence-electron chi connectivity index (χ1n) is 12.7. The van der Waals surface area contributed by atoms with Gasteiger partial charge in [0.1, 0.15) is 0 Å². The number of nitrogens with one attached hydrogen (secondary N) is 1. The van der Waals surface area contributed by atoms with Crippen LogP contribution >= 0.6 is 0 Å². The average Bonchev–Trinajstić information content (AvgIpc) is 2.58. The second-order valence-corrected chi connectivity index (χ2v) is 21.0. The molecule has 2 atom stereocenters. The lowest BCUT2D eigenvalue weighted by Gasteiger charge is -2.54. The van der Waals surface area contributed by atoms with Gasteiger partial charge < -0.3 is 4.43 Å². The molecule has 0 bridgehead atoms. The van der Waals surface area contributed by atoms with Crippen LogP contribution in [0.1, 0.15) is 106 Å². The van der Waals surface area contributed by atoms with Crippen LogP contribution in [0.2, 0.25) is 18.1 Å². The van der Waals surface area contributed by atoms with Crippen molar-refractivity contribution in [3.8, 4) is 0 Å². The predicted octanol–water partition coefficient (Wildman–Crippen LogP) is 7.48. The number of pyridine rings is 1. The maximum atomic E-state index is 15.2. The van der Waals surface area contributed by atoms with Crippen molar-refractivity contribution in [1.29, 1.82) is 0 Å². The Morgan fingerprint density at radius 2 is 1.74 bits per heavy atom. The van der Waals surface area contributed by atoms with Gasteiger partial charge in [-0.25, -0.2) is 13.9 Å². The van der Waals surface area contributed by atoms with Crippen LogP contribution in [-0.4, -0.2) is 27.9 Å². The molecule has 1 aliphatic rings. The van der Waals surface area contributed by atoms with E-state index in [4.69, 9.17) is 4.43 Å². The van der Waals surface area contributed by atoms with Gasteiger partial charge in [-0.1, -0.05) is 48.5 Å². The summed E-state index contributed by atoms with van der Waals surface area (Å²) in [5.41, 5.74) is 1.22. The van der Waals surface area contributed by atoms with Crippen LogP contribution in [0.3, 0.4) is 0 Å². The largest absolute Gasteiger partial charge is 0.411 e. The van der Waals surface area contributed by atoms with E-state index in [1.54, 1.807) is 6.20 Å². The van der Waals surface area contributed by atoms with E-state index in [-0.39, 0.29) is 16.1 Å². The minimum Gasteiger partial charge on any atom is -0.411 e. The average molecular weight is 513 g/mol. The number of nitrogens with zero attached hydrogens (tertiary/aromatic N) is 1. The molecule has 2 rings (SSSR count). The second kappa shape index (κ2) is 10.0. The summed E-state index contributed by atoms with van der Waals surface area (Å²) in [7, 11) is -3.41. The number of hydrogen-bond acceptors (Lipinski definition) is 3. The number of aromatic nitrogens is 1. The Balaban J connectivity index is 2.49. The maximum absolute atomic E-state index is 15.2. The van der Waals surface area contributed by atoms with Gasteiger partial charge in [0.05, 0.1) is 27.4 Å². The highest BCUT2D eigenvalue weighted by Gasteiger charge is 2.51. The molecule has 0 aliphatic heterocycles. The summed E-state index contributed by atoms with van der Waals surface area (Å²) >= 11 is 0. The van der Waals surface area contributed by atoms with Gasteiger partial charge >= 0.3 is 0 Å². The summed E-state index contributed by atoms with van der Waals surface area (Å²) < 4.78 is 38.3. The second-order valence-electron chi connectivity index (χ2n) is 14.3. The normalized spacial score (nSPS) is 24.0. The molecular formula is C27H49FN2O2SSi. The van der Waals surface area contributed by atoms with E-state index in [0.29, 0.717) is 17.9 Å². The SMILES string of the molecule is CC1CC(CC(N[S@@](=O)C(C)(C)C)c2cc(CC(C)(C)C)cnc2F)(O[Si](C)(C)C(C)(C)C)C1. The van der Waals surface area contributed by atoms with Gasteiger partial charge in [-0.05, 0) is 87.5 Å². The first-order valence-corrected chi connectivity index (χ1v) is 16.7. The molecular weight excluding hydrogens is 463 g/mol. The van der Waals surface area contributed by atoms with Gasteiger partial charge in [-0.15, -0.1) is 0 Å². The van der Waals surface area contributed by atoms with Crippen molar-refractivity contribution >= 4 is 19.3 Å². The topological polar surface area (TPSA) is 51.2 Å². The zero-order valence-electron chi connectivity index (χ0n) is 23.7. The summed E-state index contributed by atoms with van der Waals surface area (Å²) in [4.78, 5) is 4.12. The van der Waals surface area contributed by atoms with Crippen molar-refractivity contribution in [1.82, 2.24) is 9.71 Å². The standard InChI is InChI=1S/C27H49FN2O2SSi/c1-19-14-27(15-19,32-34(11,12)26(8,9)10)17-22(30-33(31)25(5,6)7)21-13-20(16-24(2,3)4)18-29-23(21)28/h13,18-19,22,30H,14-17H2,1-12H3/t19?,22?,27?,33-/m0/s1. The number of hydrogen-bond donors (Lipinski definition) is 1. The Kier molecular flexibility index (Phi) is 8.72. The molecule has 7 heteroatoms. The van der Waals surface area contributed by atoms with Crippen molar-refractivity contribution < 1.29 is 13.0 Å². The quantitative estimate of drug-likeness (QED) is 0.290. The van der Waals surface area contributed by atoms with E-state index in [2.05, 4.69) is 71.3 Å². The highest BCUT2D eigenvalue weighted by atomic mass is 32.2. The fourth-order valence-corrected chi connectivity index (χ4v) is 7.01. The van der Waals surface area contributed by atoms with Gasteiger partial charge in [-0.3, -0.25) is 0 Å². The van der Waals surface area contributed by atoms with Crippen LogP contribution in [0.25, 0.3) is 0 Å². The summed E-state index contributed by atoms with van der Waals surface area (Å²) in [6.45, 7) is 25.8. The molecule has 196 valence electrons. The molecule has 0 aromatic carbocycles. The fourth-order valence-electron chi connectivity index (χ4n) is 4.55. The van der Waals surface area contributed by atoms with Crippen LogP contribution in [0.5, 0.6) is 0 Å². The number of rotatable bonds is 8. The highest BCUT2D eigenvalue weighted by Crippen LogP contribution is 2.51. The molecule has 1 N–H and O–H groups in total. The van der Waals surface area contributed by atoms with E-state index in [9.17, 15) is 4.21 Å². The first-order chi connectivity index (χ1) is 15.1. The van der Waals surface area contributed by atoms with Gasteiger partial charge in [-0.2, -0.15) is 4.39 Å². The fraction of sp³-hybridized carbons (Fsp3) is 0.815. The first kappa shape index (κ1) is 29.6. The third-order valence-electron chi connectivity index (χ3n) is 7.13. The zero-order chi connectivity index (χ0) is 26.3. The van der Waals surface area contributed by atoms with Crippen LogP contribution < -0.4 is 4.72 Å². The van der Waals surface area contributed by atoms with Gasteiger partial charge in [0.15, 0.2) is 8.32 Å². The Labute approximate surface area is 212 Å². The van der Waals surface area contributed by atoms with Crippen molar-refractivity contribution in [3.63, 3.8) is 0 Å². The lowest BCUT2D eigenvalue weighted by atomic mass is 9.68. The molecule has 0 saturated heterocycles.